The Balaban J connectivity index is 0.00000190. The van der Waals surface area contributed by atoms with E-state index in [1.807, 2.05) is 30.7 Å². The predicted molar refractivity (Wildman–Crippen MR) is 112 cm³/mol. The van der Waals surface area contributed by atoms with Crippen LogP contribution < -0.4 is 5.73 Å². The van der Waals surface area contributed by atoms with E-state index in [0.29, 0.717) is 11.5 Å². The van der Waals surface area contributed by atoms with Crippen molar-refractivity contribution in [1.29, 1.82) is 0 Å². The number of thioether (sulfide) groups is 1. The zero-order valence-electron chi connectivity index (χ0n) is 15.9. The van der Waals surface area contributed by atoms with Crippen LogP contribution in [0.3, 0.4) is 0 Å². The van der Waals surface area contributed by atoms with Crippen molar-refractivity contribution in [2.24, 2.45) is 5.73 Å². The first-order chi connectivity index (χ1) is 13.3. The Labute approximate surface area is 172 Å². The molecule has 2 rings (SSSR count). The van der Waals surface area contributed by atoms with Crippen molar-refractivity contribution in [3.63, 3.8) is 0 Å². The molecule has 0 spiro atoms. The molecule has 0 fully saturated rings. The molecule has 0 aliphatic rings. The number of alkyl halides is 3. The first-order valence-corrected chi connectivity index (χ1v) is 11.1. The maximum absolute atomic E-state index is 13.4. The van der Waals surface area contributed by atoms with Crippen molar-refractivity contribution in [1.82, 2.24) is 0 Å². The highest BCUT2D eigenvalue weighted by Crippen LogP contribution is 2.39. The molecule has 2 aromatic rings. The molecule has 2 unspecified atom stereocenters. The largest absolute Gasteiger partial charge is 0.480 e. The van der Waals surface area contributed by atoms with Gasteiger partial charge in [-0.05, 0) is 57.9 Å². The maximum atomic E-state index is 13.4. The summed E-state index contributed by atoms with van der Waals surface area (Å²) in [7, 11) is 0. The smallest absolute Gasteiger partial charge is 0.395 e. The van der Waals surface area contributed by atoms with Crippen LogP contribution in [0, 0.1) is 0 Å². The molecule has 1 aromatic carbocycles. The third kappa shape index (κ3) is 7.85. The molecular formula is C20H26F3NO2S2. The molecule has 156 valence electrons. The highest BCUT2D eigenvalue weighted by Gasteiger charge is 2.40. The van der Waals surface area contributed by atoms with E-state index in [4.69, 9.17) is 10.8 Å². The van der Waals surface area contributed by atoms with Crippen LogP contribution in [0.2, 0.25) is 0 Å². The summed E-state index contributed by atoms with van der Waals surface area (Å²) in [5.41, 5.74) is 7.52. The van der Waals surface area contributed by atoms with Gasteiger partial charge < -0.3 is 10.8 Å². The van der Waals surface area contributed by atoms with E-state index in [9.17, 15) is 18.0 Å². The fourth-order valence-corrected chi connectivity index (χ4v) is 4.19. The Morgan fingerprint density at radius 3 is 2.21 bits per heavy atom. The lowest BCUT2D eigenvalue weighted by atomic mass is 9.94. The highest BCUT2D eigenvalue weighted by atomic mass is 32.2. The van der Waals surface area contributed by atoms with E-state index in [2.05, 4.69) is 0 Å². The Kier molecular flexibility index (Phi) is 10.6. The molecular weight excluding hydrogens is 407 g/mol. The van der Waals surface area contributed by atoms with Gasteiger partial charge in [-0.3, -0.25) is 4.79 Å². The number of benzene rings is 1. The molecule has 28 heavy (non-hydrogen) atoms. The number of carboxylic acid groups (broad SMARTS) is 1. The summed E-state index contributed by atoms with van der Waals surface area (Å²) in [5, 5.41) is 12.6. The van der Waals surface area contributed by atoms with Gasteiger partial charge in [0.05, 0.1) is 5.92 Å². The number of rotatable bonds is 9. The van der Waals surface area contributed by atoms with E-state index < -0.39 is 24.1 Å². The van der Waals surface area contributed by atoms with Crippen molar-refractivity contribution in [2.45, 2.75) is 44.8 Å². The van der Waals surface area contributed by atoms with Crippen molar-refractivity contribution >= 4 is 29.1 Å². The third-order valence-electron chi connectivity index (χ3n) is 4.00. The van der Waals surface area contributed by atoms with E-state index in [-0.39, 0.29) is 18.4 Å². The lowest BCUT2D eigenvalue weighted by Gasteiger charge is -2.21. The van der Waals surface area contributed by atoms with Gasteiger partial charge in [-0.25, -0.2) is 0 Å². The molecule has 0 bridgehead atoms. The third-order valence-corrected chi connectivity index (χ3v) is 5.74. The number of aliphatic carboxylic acids is 1. The number of hydrogen-bond acceptors (Lipinski definition) is 4. The molecule has 0 saturated carbocycles. The van der Waals surface area contributed by atoms with Crippen molar-refractivity contribution in [2.75, 3.05) is 11.5 Å². The van der Waals surface area contributed by atoms with Crippen LogP contribution in [0.1, 0.15) is 38.2 Å². The summed E-state index contributed by atoms with van der Waals surface area (Å²) < 4.78 is 40.3. The summed E-state index contributed by atoms with van der Waals surface area (Å²) in [4.78, 5) is 10.6. The number of carbonyl (C=O) groups is 1. The molecule has 0 amide bonds. The summed E-state index contributed by atoms with van der Waals surface area (Å²) >= 11 is 2.84. The number of hydrogen-bond donors (Lipinski definition) is 2. The van der Waals surface area contributed by atoms with Crippen LogP contribution in [0.4, 0.5) is 13.2 Å². The van der Waals surface area contributed by atoms with E-state index in [1.165, 1.54) is 23.9 Å². The van der Waals surface area contributed by atoms with Gasteiger partial charge in [0.2, 0.25) is 0 Å². The Morgan fingerprint density at radius 1 is 1.11 bits per heavy atom. The van der Waals surface area contributed by atoms with Gasteiger partial charge in [-0.15, -0.1) is 0 Å². The van der Waals surface area contributed by atoms with Crippen molar-refractivity contribution in [3.05, 3.63) is 46.7 Å². The molecule has 3 nitrogen and oxygen atoms in total. The first kappa shape index (κ1) is 24.5. The average Bonchev–Trinajstić information content (AvgIpc) is 3.20. The second kappa shape index (κ2) is 12.1. The fraction of sp³-hybridized carbons (Fsp3) is 0.450. The minimum atomic E-state index is -4.32. The quantitative estimate of drug-likeness (QED) is 0.475. The van der Waals surface area contributed by atoms with E-state index >= 15 is 0 Å². The van der Waals surface area contributed by atoms with Crippen LogP contribution >= 0.6 is 23.1 Å². The van der Waals surface area contributed by atoms with Crippen molar-refractivity contribution in [3.8, 4) is 11.1 Å². The van der Waals surface area contributed by atoms with Crippen LogP contribution in [-0.4, -0.2) is 34.8 Å². The van der Waals surface area contributed by atoms with Crippen LogP contribution in [-0.2, 0) is 4.79 Å². The molecule has 0 saturated heterocycles. The summed E-state index contributed by atoms with van der Waals surface area (Å²) in [5.74, 6) is -1.90. The van der Waals surface area contributed by atoms with Crippen LogP contribution in [0.25, 0.3) is 11.1 Å². The molecule has 8 heteroatoms. The van der Waals surface area contributed by atoms with Crippen LogP contribution in [0.15, 0.2) is 41.1 Å². The molecule has 0 aliphatic carbocycles. The van der Waals surface area contributed by atoms with Gasteiger partial charge in [0.1, 0.15) is 6.04 Å². The Bertz CT molecular complexity index is 688. The number of nitrogens with two attached hydrogens (primary N) is 1. The minimum absolute atomic E-state index is 0.0473. The van der Waals surface area contributed by atoms with Gasteiger partial charge in [0, 0.05) is 0 Å². The number of halogens is 3. The van der Waals surface area contributed by atoms with E-state index in [1.54, 1.807) is 23.5 Å². The molecule has 1 heterocycles. The lowest BCUT2D eigenvalue weighted by molar-refractivity contribution is -0.150. The zero-order chi connectivity index (χ0) is 21.2. The second-order valence-corrected chi connectivity index (χ2v) is 7.87. The number of carboxylic acids is 1. The molecule has 2 atom stereocenters. The molecule has 0 aliphatic heterocycles. The molecule has 0 radical (unpaired) electrons. The summed E-state index contributed by atoms with van der Waals surface area (Å²) in [6.45, 7) is 4.00. The van der Waals surface area contributed by atoms with Crippen LogP contribution in [0.5, 0.6) is 0 Å². The standard InChI is InChI=1S/C18H20F3NO2S2.C2H6/c19-18(20,21)15(6-9-25-10-7-16(22)17(23)24)13-3-1-12(2-4-13)14-5-8-26-11-14;1-2/h1-5,8,11,15-16H,6-7,9-10,22H2,(H,23,24);1-2H3. The van der Waals surface area contributed by atoms with Gasteiger partial charge in [-0.1, -0.05) is 38.1 Å². The normalized spacial score (nSPS) is 13.4. The van der Waals surface area contributed by atoms with E-state index in [0.717, 1.165) is 11.1 Å². The summed E-state index contributed by atoms with van der Waals surface area (Å²) in [6.07, 6.45) is -4.12. The number of thiophene rings is 1. The fourth-order valence-electron chi connectivity index (χ4n) is 2.49. The second-order valence-electron chi connectivity index (χ2n) is 5.86. The molecule has 1 aromatic heterocycles. The van der Waals surface area contributed by atoms with Gasteiger partial charge in [0.25, 0.3) is 0 Å². The highest BCUT2D eigenvalue weighted by molar-refractivity contribution is 7.99. The topological polar surface area (TPSA) is 63.3 Å². The minimum Gasteiger partial charge on any atom is -0.480 e. The summed E-state index contributed by atoms with van der Waals surface area (Å²) in [6, 6.07) is 7.47. The van der Waals surface area contributed by atoms with Gasteiger partial charge in [0.15, 0.2) is 0 Å². The van der Waals surface area contributed by atoms with Gasteiger partial charge >= 0.3 is 12.1 Å². The first-order valence-electron chi connectivity index (χ1n) is 9.04. The maximum Gasteiger partial charge on any atom is 0.395 e. The molecule has 3 N–H and O–H groups in total. The Hall–Kier alpha value is -1.51. The monoisotopic (exact) mass is 433 g/mol. The zero-order valence-corrected chi connectivity index (χ0v) is 17.5. The lowest BCUT2D eigenvalue weighted by Crippen LogP contribution is -2.30. The van der Waals surface area contributed by atoms with Crippen molar-refractivity contribution < 1.29 is 23.1 Å². The average molecular weight is 434 g/mol. The van der Waals surface area contributed by atoms with Gasteiger partial charge in [-0.2, -0.15) is 36.3 Å². The SMILES string of the molecule is CC.NC(CCSCCC(c1ccc(-c2ccsc2)cc1)C(F)(F)F)C(=O)O. The Morgan fingerprint density at radius 2 is 1.71 bits per heavy atom. The predicted octanol–water partition coefficient (Wildman–Crippen LogP) is 6.01.